The first-order valence-electron chi connectivity index (χ1n) is 8.36. The number of nitrogens with two attached hydrogens (primary N) is 1. The molecule has 2 aromatic heterocycles. The van der Waals surface area contributed by atoms with E-state index in [1.807, 2.05) is 6.92 Å². The van der Waals surface area contributed by atoms with Gasteiger partial charge in [-0.15, -0.1) is 0 Å². The summed E-state index contributed by atoms with van der Waals surface area (Å²) in [5, 5.41) is 3.96. The first-order valence-corrected chi connectivity index (χ1v) is 8.77. The minimum Gasteiger partial charge on any atom is -0.425 e. The van der Waals surface area contributed by atoms with E-state index in [4.69, 9.17) is 10.5 Å². The molecule has 1 aromatic carbocycles. The standard InChI is InChI=1S/C17H19N7O3S/c1-4-24-12-13(22(2)17(26)23(3)14(12)25)20-16(24)27-11-7-5-10(6-8-11)9-19-21-15(18)28/h5-9H,4H2,1-3H3,(H3,18,21,28)/b19-9+. The van der Waals surface area contributed by atoms with E-state index in [9.17, 15) is 9.59 Å². The molecule has 0 aliphatic rings. The quantitative estimate of drug-likeness (QED) is 0.361. The highest BCUT2D eigenvalue weighted by Gasteiger charge is 2.19. The number of aromatic nitrogens is 4. The Kier molecular flexibility index (Phi) is 5.27. The Morgan fingerprint density at radius 3 is 2.57 bits per heavy atom. The van der Waals surface area contributed by atoms with Crippen LogP contribution in [0, 0.1) is 0 Å². The number of benzene rings is 1. The number of thiocarbonyl (C=S) groups is 1. The van der Waals surface area contributed by atoms with Crippen molar-refractivity contribution in [2.24, 2.45) is 24.9 Å². The maximum Gasteiger partial charge on any atom is 0.332 e. The fourth-order valence-corrected chi connectivity index (χ4v) is 2.75. The predicted molar refractivity (Wildman–Crippen MR) is 110 cm³/mol. The summed E-state index contributed by atoms with van der Waals surface area (Å²) >= 11 is 4.67. The zero-order valence-corrected chi connectivity index (χ0v) is 16.4. The lowest BCUT2D eigenvalue weighted by molar-refractivity contribution is 0.418. The Hall–Kier alpha value is -3.47. The largest absolute Gasteiger partial charge is 0.425 e. The van der Waals surface area contributed by atoms with E-state index in [1.165, 1.54) is 11.6 Å². The van der Waals surface area contributed by atoms with Crippen LogP contribution in [0.2, 0.25) is 0 Å². The molecule has 2 heterocycles. The lowest BCUT2D eigenvalue weighted by atomic mass is 10.2. The van der Waals surface area contributed by atoms with Gasteiger partial charge in [-0.3, -0.25) is 23.9 Å². The van der Waals surface area contributed by atoms with Crippen LogP contribution in [-0.4, -0.2) is 30.0 Å². The smallest absolute Gasteiger partial charge is 0.332 e. The summed E-state index contributed by atoms with van der Waals surface area (Å²) in [7, 11) is 3.00. The van der Waals surface area contributed by atoms with Crippen LogP contribution in [0.3, 0.4) is 0 Å². The molecule has 146 valence electrons. The van der Waals surface area contributed by atoms with E-state index in [2.05, 4.69) is 27.7 Å². The van der Waals surface area contributed by atoms with E-state index < -0.39 is 11.2 Å². The number of hydrogen-bond donors (Lipinski definition) is 2. The van der Waals surface area contributed by atoms with Crippen LogP contribution in [0.25, 0.3) is 11.2 Å². The molecule has 0 aliphatic carbocycles. The maximum absolute atomic E-state index is 12.5. The van der Waals surface area contributed by atoms with E-state index in [0.29, 0.717) is 17.8 Å². The monoisotopic (exact) mass is 401 g/mol. The average molecular weight is 401 g/mol. The van der Waals surface area contributed by atoms with Gasteiger partial charge in [0.05, 0.1) is 6.21 Å². The summed E-state index contributed by atoms with van der Waals surface area (Å²) in [4.78, 5) is 29.0. The van der Waals surface area contributed by atoms with E-state index in [1.54, 1.807) is 42.1 Å². The number of hydrogen-bond acceptors (Lipinski definition) is 6. The highest BCUT2D eigenvalue weighted by Crippen LogP contribution is 2.24. The Morgan fingerprint density at radius 1 is 1.29 bits per heavy atom. The van der Waals surface area contributed by atoms with Gasteiger partial charge in [0.25, 0.3) is 5.56 Å². The van der Waals surface area contributed by atoms with E-state index in [-0.39, 0.29) is 16.8 Å². The number of rotatable bonds is 5. The number of imidazole rings is 1. The molecule has 0 amide bonds. The predicted octanol–water partition coefficient (Wildman–Crippen LogP) is 0.413. The number of nitrogens with zero attached hydrogens (tertiary/aromatic N) is 5. The van der Waals surface area contributed by atoms with Gasteiger partial charge < -0.3 is 10.5 Å². The number of nitrogens with one attached hydrogen (secondary N) is 1. The summed E-state index contributed by atoms with van der Waals surface area (Å²) in [5.74, 6) is 0.520. The molecule has 0 radical (unpaired) electrons. The van der Waals surface area contributed by atoms with Gasteiger partial charge in [0.1, 0.15) is 5.75 Å². The van der Waals surface area contributed by atoms with Gasteiger partial charge in [-0.05, 0) is 49.0 Å². The van der Waals surface area contributed by atoms with Gasteiger partial charge in [-0.25, -0.2) is 4.79 Å². The molecule has 11 heteroatoms. The normalized spacial score (nSPS) is 11.2. The molecule has 0 spiro atoms. The van der Waals surface area contributed by atoms with Crippen molar-refractivity contribution in [3.63, 3.8) is 0 Å². The molecule has 0 aliphatic heterocycles. The van der Waals surface area contributed by atoms with Crippen molar-refractivity contribution < 1.29 is 4.74 Å². The van der Waals surface area contributed by atoms with Crippen LogP contribution in [0.15, 0.2) is 39.0 Å². The van der Waals surface area contributed by atoms with Crippen molar-refractivity contribution in [2.75, 3.05) is 0 Å². The topological polar surface area (TPSA) is 121 Å². The van der Waals surface area contributed by atoms with Gasteiger partial charge in [0.15, 0.2) is 16.3 Å². The van der Waals surface area contributed by atoms with Crippen LogP contribution in [0.4, 0.5) is 0 Å². The van der Waals surface area contributed by atoms with E-state index >= 15 is 0 Å². The number of ether oxygens (including phenoxy) is 1. The molecule has 0 saturated heterocycles. The summed E-state index contributed by atoms with van der Waals surface area (Å²) in [6.07, 6.45) is 1.56. The third kappa shape index (κ3) is 3.51. The minimum absolute atomic E-state index is 0.0789. The Labute approximate surface area is 164 Å². The zero-order valence-electron chi connectivity index (χ0n) is 15.5. The van der Waals surface area contributed by atoms with E-state index in [0.717, 1.165) is 10.1 Å². The number of hydrazone groups is 1. The first kappa shape index (κ1) is 19.3. The van der Waals surface area contributed by atoms with Crippen LogP contribution in [0.5, 0.6) is 11.8 Å². The second-order valence-electron chi connectivity index (χ2n) is 5.92. The molecule has 10 nitrogen and oxygen atoms in total. The van der Waals surface area contributed by atoms with Crippen LogP contribution < -0.4 is 27.1 Å². The van der Waals surface area contributed by atoms with Gasteiger partial charge in [0, 0.05) is 20.6 Å². The van der Waals surface area contributed by atoms with Crippen LogP contribution in [0.1, 0.15) is 12.5 Å². The molecular formula is C17H19N7O3S. The summed E-state index contributed by atoms with van der Waals surface area (Å²) < 4.78 is 9.87. The van der Waals surface area contributed by atoms with Crippen molar-refractivity contribution in [3.05, 3.63) is 50.7 Å². The fraction of sp³-hybridized carbons (Fsp3) is 0.235. The molecule has 3 rings (SSSR count). The molecule has 3 aromatic rings. The van der Waals surface area contributed by atoms with Gasteiger partial charge in [-0.1, -0.05) is 0 Å². The number of fused-ring (bicyclic) bond motifs is 1. The summed E-state index contributed by atoms with van der Waals surface area (Å²) in [5.41, 5.74) is 8.30. The Bertz CT molecular complexity index is 1190. The van der Waals surface area contributed by atoms with Crippen molar-refractivity contribution >= 4 is 34.7 Å². The third-order valence-corrected chi connectivity index (χ3v) is 4.20. The average Bonchev–Trinajstić information content (AvgIpc) is 3.04. The van der Waals surface area contributed by atoms with Gasteiger partial charge in [-0.2, -0.15) is 10.1 Å². The first-order chi connectivity index (χ1) is 13.3. The second-order valence-corrected chi connectivity index (χ2v) is 6.36. The van der Waals surface area contributed by atoms with Crippen LogP contribution in [-0.2, 0) is 20.6 Å². The van der Waals surface area contributed by atoms with Crippen molar-refractivity contribution in [2.45, 2.75) is 13.5 Å². The number of aryl methyl sites for hydroxylation is 2. The third-order valence-electron chi connectivity index (χ3n) is 4.11. The maximum atomic E-state index is 12.5. The molecule has 0 atom stereocenters. The van der Waals surface area contributed by atoms with Crippen molar-refractivity contribution in [3.8, 4) is 11.8 Å². The minimum atomic E-state index is -0.445. The molecule has 28 heavy (non-hydrogen) atoms. The fourth-order valence-electron chi connectivity index (χ4n) is 2.70. The molecule has 0 saturated carbocycles. The lowest BCUT2D eigenvalue weighted by Crippen LogP contribution is -2.37. The summed E-state index contributed by atoms with van der Waals surface area (Å²) in [6.45, 7) is 2.32. The SMILES string of the molecule is CCn1c(Oc2ccc(/C=N/NC(N)=S)cc2)nc2c1c(=O)n(C)c(=O)n2C. The Morgan fingerprint density at radius 2 is 1.96 bits per heavy atom. The molecule has 0 bridgehead atoms. The highest BCUT2D eigenvalue weighted by atomic mass is 32.1. The van der Waals surface area contributed by atoms with Crippen LogP contribution >= 0.6 is 12.2 Å². The highest BCUT2D eigenvalue weighted by molar-refractivity contribution is 7.80. The van der Waals surface area contributed by atoms with Gasteiger partial charge >= 0.3 is 11.7 Å². The zero-order chi connectivity index (χ0) is 20.4. The Balaban J connectivity index is 1.97. The van der Waals surface area contributed by atoms with Crippen molar-refractivity contribution in [1.29, 1.82) is 0 Å². The van der Waals surface area contributed by atoms with Crippen molar-refractivity contribution in [1.82, 2.24) is 24.1 Å². The molecule has 3 N–H and O–H groups in total. The summed E-state index contributed by atoms with van der Waals surface area (Å²) in [6, 6.07) is 7.27. The second kappa shape index (κ2) is 7.64. The molecule has 0 fully saturated rings. The lowest BCUT2D eigenvalue weighted by Gasteiger charge is -2.07. The van der Waals surface area contributed by atoms with Gasteiger partial charge in [0.2, 0.25) is 0 Å². The molecule has 0 unspecified atom stereocenters. The molecular weight excluding hydrogens is 382 g/mol.